The second-order valence-corrected chi connectivity index (χ2v) is 7.61. The summed E-state index contributed by atoms with van der Waals surface area (Å²) in [5, 5.41) is 11.1. The Hall–Kier alpha value is -3.06. The van der Waals surface area contributed by atoms with E-state index >= 15 is 0 Å². The molecule has 0 fully saturated rings. The zero-order valence-electron chi connectivity index (χ0n) is 15.7. The maximum absolute atomic E-state index is 13.1. The van der Waals surface area contributed by atoms with E-state index in [-0.39, 0.29) is 16.8 Å². The second-order valence-electron chi connectivity index (χ2n) is 7.61. The van der Waals surface area contributed by atoms with Crippen molar-refractivity contribution < 1.29 is 28.6 Å². The molecule has 1 atom stereocenters. The average molecular weight is 385 g/mol. The maximum atomic E-state index is 13.1. The third-order valence-corrected chi connectivity index (χ3v) is 4.31. The molecule has 0 spiro atoms. The van der Waals surface area contributed by atoms with Crippen LogP contribution in [0.3, 0.4) is 0 Å². The monoisotopic (exact) mass is 385 g/mol. The van der Waals surface area contributed by atoms with Crippen LogP contribution in [0, 0.1) is 5.82 Å². The molecule has 1 aliphatic rings. The van der Waals surface area contributed by atoms with Crippen LogP contribution >= 0.6 is 0 Å². The van der Waals surface area contributed by atoms with Gasteiger partial charge in [0.2, 0.25) is 0 Å². The van der Waals surface area contributed by atoms with Gasteiger partial charge >= 0.3 is 6.09 Å². The number of rotatable bonds is 3. The molecule has 0 unspecified atom stereocenters. The molecule has 1 N–H and O–H groups in total. The van der Waals surface area contributed by atoms with Crippen LogP contribution in [0.15, 0.2) is 48.5 Å². The van der Waals surface area contributed by atoms with Gasteiger partial charge in [-0.2, -0.15) is 0 Å². The number of fused-ring (bicyclic) bond motifs is 1. The van der Waals surface area contributed by atoms with Gasteiger partial charge in [-0.15, -0.1) is 0 Å². The molecule has 2 aromatic rings. The van der Waals surface area contributed by atoms with Crippen molar-refractivity contribution in [2.75, 3.05) is 4.90 Å². The molecule has 0 saturated heterocycles. The van der Waals surface area contributed by atoms with E-state index in [1.807, 2.05) is 0 Å². The van der Waals surface area contributed by atoms with Crippen molar-refractivity contribution in [1.29, 1.82) is 0 Å². The molecule has 1 aliphatic heterocycles. The molecule has 2 aromatic carbocycles. The van der Waals surface area contributed by atoms with Crippen LogP contribution in [0.4, 0.5) is 14.9 Å². The minimum absolute atomic E-state index is 0.140. The van der Waals surface area contributed by atoms with Gasteiger partial charge in [-0.1, -0.05) is 18.2 Å². The highest BCUT2D eigenvalue weighted by molar-refractivity contribution is 6.21. The summed E-state index contributed by atoms with van der Waals surface area (Å²) >= 11 is 0. The number of Topliss-reactive ketones (excluding diaryl/α,β-unsaturated/α-hetero) is 1. The van der Waals surface area contributed by atoms with Crippen molar-refractivity contribution in [1.82, 2.24) is 0 Å². The summed E-state index contributed by atoms with van der Waals surface area (Å²) in [5.41, 5.74) is -2.62. The number of halogens is 1. The van der Waals surface area contributed by atoms with Gasteiger partial charge in [0.25, 0.3) is 5.91 Å². The van der Waals surface area contributed by atoms with Crippen molar-refractivity contribution in [3.63, 3.8) is 0 Å². The first kappa shape index (κ1) is 19.7. The Kier molecular flexibility index (Phi) is 4.81. The summed E-state index contributed by atoms with van der Waals surface area (Å²) in [7, 11) is 0. The Morgan fingerprint density at radius 2 is 1.71 bits per heavy atom. The number of carbonyl (C=O) groups is 3. The summed E-state index contributed by atoms with van der Waals surface area (Å²) in [6, 6.07) is 11.0. The van der Waals surface area contributed by atoms with Gasteiger partial charge in [0.15, 0.2) is 11.4 Å². The van der Waals surface area contributed by atoms with Crippen molar-refractivity contribution in [2.45, 2.75) is 38.4 Å². The fraction of sp³-hybridized carbons (Fsp3) is 0.286. The highest BCUT2D eigenvalue weighted by Gasteiger charge is 2.53. The molecule has 0 bridgehead atoms. The Labute approximate surface area is 161 Å². The van der Waals surface area contributed by atoms with Gasteiger partial charge in [0.05, 0.1) is 12.1 Å². The lowest BCUT2D eigenvalue weighted by Crippen LogP contribution is -2.46. The lowest BCUT2D eigenvalue weighted by atomic mass is 9.88. The Morgan fingerprint density at radius 3 is 2.32 bits per heavy atom. The summed E-state index contributed by atoms with van der Waals surface area (Å²) in [6.07, 6.45) is -1.52. The molecular weight excluding hydrogens is 365 g/mol. The van der Waals surface area contributed by atoms with E-state index in [1.165, 1.54) is 24.3 Å². The molecule has 7 heteroatoms. The molecule has 146 valence electrons. The van der Waals surface area contributed by atoms with Crippen LogP contribution in [-0.4, -0.2) is 28.5 Å². The quantitative estimate of drug-likeness (QED) is 0.817. The van der Waals surface area contributed by atoms with E-state index < -0.39 is 41.2 Å². The first-order valence-corrected chi connectivity index (χ1v) is 8.71. The predicted octanol–water partition coefficient (Wildman–Crippen LogP) is 3.57. The number of carbonyl (C=O) groups excluding carboxylic acids is 3. The number of hydrogen-bond acceptors (Lipinski definition) is 5. The van der Waals surface area contributed by atoms with Gasteiger partial charge in [-0.25, -0.2) is 14.1 Å². The van der Waals surface area contributed by atoms with E-state index in [2.05, 4.69) is 0 Å². The zero-order valence-corrected chi connectivity index (χ0v) is 15.7. The third kappa shape index (κ3) is 3.53. The van der Waals surface area contributed by atoms with E-state index in [0.717, 1.165) is 17.0 Å². The number of aliphatic hydroxyl groups is 1. The first-order chi connectivity index (χ1) is 13.0. The van der Waals surface area contributed by atoms with Gasteiger partial charge < -0.3 is 9.84 Å². The van der Waals surface area contributed by atoms with Gasteiger partial charge in [0, 0.05) is 11.1 Å². The van der Waals surface area contributed by atoms with E-state index in [4.69, 9.17) is 4.74 Å². The van der Waals surface area contributed by atoms with Gasteiger partial charge in [-0.3, -0.25) is 9.59 Å². The summed E-state index contributed by atoms with van der Waals surface area (Å²) in [6.45, 7) is 4.96. The average Bonchev–Trinajstić information content (AvgIpc) is 2.82. The predicted molar refractivity (Wildman–Crippen MR) is 99.4 cm³/mol. The second kappa shape index (κ2) is 6.83. The summed E-state index contributed by atoms with van der Waals surface area (Å²) in [4.78, 5) is 38.9. The SMILES string of the molecule is CC(C)(C)OC(=O)N1C(=O)[C@@](O)(CC(=O)c2ccc(F)cc2)c2ccccc21. The number of benzene rings is 2. The van der Waals surface area contributed by atoms with Crippen LogP contribution in [0.5, 0.6) is 0 Å². The topological polar surface area (TPSA) is 83.9 Å². The molecule has 28 heavy (non-hydrogen) atoms. The standard InChI is InChI=1S/C21H20FNO5/c1-20(2,3)28-19(26)23-16-7-5-4-6-15(16)21(27,18(23)25)12-17(24)13-8-10-14(22)11-9-13/h4-11,27H,12H2,1-3H3/t21-/m1/s1. The number of imide groups is 1. The van der Waals surface area contributed by atoms with Crippen LogP contribution in [0.2, 0.25) is 0 Å². The molecule has 2 amide bonds. The highest BCUT2D eigenvalue weighted by atomic mass is 19.1. The molecule has 3 rings (SSSR count). The van der Waals surface area contributed by atoms with Crippen molar-refractivity contribution in [2.24, 2.45) is 0 Å². The summed E-state index contributed by atoms with van der Waals surface area (Å²) in [5.74, 6) is -2.02. The van der Waals surface area contributed by atoms with Crippen molar-refractivity contribution >= 4 is 23.5 Å². The van der Waals surface area contributed by atoms with Crippen LogP contribution in [0.1, 0.15) is 43.1 Å². The molecule has 0 radical (unpaired) electrons. The molecule has 0 aliphatic carbocycles. The van der Waals surface area contributed by atoms with Gasteiger partial charge in [-0.05, 0) is 51.1 Å². The lowest BCUT2D eigenvalue weighted by molar-refractivity contribution is -0.135. The highest BCUT2D eigenvalue weighted by Crippen LogP contribution is 2.43. The molecule has 6 nitrogen and oxygen atoms in total. The Bertz CT molecular complexity index is 948. The number of ether oxygens (including phenoxy) is 1. The minimum atomic E-state index is -2.22. The minimum Gasteiger partial charge on any atom is -0.443 e. The number of para-hydroxylation sites is 1. The lowest BCUT2D eigenvalue weighted by Gasteiger charge is -2.25. The zero-order chi connectivity index (χ0) is 20.7. The fourth-order valence-corrected chi connectivity index (χ4v) is 3.06. The van der Waals surface area contributed by atoms with Crippen molar-refractivity contribution in [3.05, 3.63) is 65.5 Å². The number of hydrogen-bond donors (Lipinski definition) is 1. The van der Waals surface area contributed by atoms with Crippen LogP contribution < -0.4 is 4.90 Å². The van der Waals surface area contributed by atoms with E-state index in [0.29, 0.717) is 0 Å². The number of anilines is 1. The Balaban J connectivity index is 1.97. The Morgan fingerprint density at radius 1 is 1.11 bits per heavy atom. The molecule has 0 aromatic heterocycles. The number of amides is 2. The van der Waals surface area contributed by atoms with E-state index in [1.54, 1.807) is 32.9 Å². The first-order valence-electron chi connectivity index (χ1n) is 8.71. The van der Waals surface area contributed by atoms with Gasteiger partial charge in [0.1, 0.15) is 11.4 Å². The molecular formula is C21H20FNO5. The number of ketones is 1. The molecule has 0 saturated carbocycles. The third-order valence-electron chi connectivity index (χ3n) is 4.31. The van der Waals surface area contributed by atoms with Crippen LogP contribution in [0.25, 0.3) is 0 Å². The summed E-state index contributed by atoms with van der Waals surface area (Å²) < 4.78 is 18.4. The fourth-order valence-electron chi connectivity index (χ4n) is 3.06. The van der Waals surface area contributed by atoms with E-state index in [9.17, 15) is 23.9 Å². The molecule has 1 heterocycles. The normalized spacial score (nSPS) is 18.8. The largest absolute Gasteiger partial charge is 0.443 e. The number of nitrogens with zero attached hydrogens (tertiary/aromatic N) is 1. The maximum Gasteiger partial charge on any atom is 0.421 e. The van der Waals surface area contributed by atoms with Crippen LogP contribution in [-0.2, 0) is 15.1 Å². The van der Waals surface area contributed by atoms with Crippen molar-refractivity contribution in [3.8, 4) is 0 Å². The smallest absolute Gasteiger partial charge is 0.421 e.